The minimum absolute atomic E-state index is 0.194. The van der Waals surface area contributed by atoms with Crippen molar-refractivity contribution in [3.8, 4) is 0 Å². The highest BCUT2D eigenvalue weighted by atomic mass is 19.1. The van der Waals surface area contributed by atoms with Crippen LogP contribution in [0.3, 0.4) is 0 Å². The van der Waals surface area contributed by atoms with Crippen LogP contribution in [0.25, 0.3) is 0 Å². The first kappa shape index (κ1) is 18.4. The topological polar surface area (TPSA) is 101 Å². The molecule has 1 heterocycles. The van der Waals surface area contributed by atoms with E-state index in [2.05, 4.69) is 4.98 Å². The summed E-state index contributed by atoms with van der Waals surface area (Å²) < 4.78 is 28.0. The molecule has 1 amide bonds. The molecule has 7 nitrogen and oxygen atoms in total. The van der Waals surface area contributed by atoms with Crippen LogP contribution in [0.1, 0.15) is 30.1 Å². The van der Waals surface area contributed by atoms with Gasteiger partial charge in [0.1, 0.15) is 17.5 Å². The van der Waals surface area contributed by atoms with Gasteiger partial charge in [0.2, 0.25) is 0 Å². The predicted molar refractivity (Wildman–Crippen MR) is 89.7 cm³/mol. The number of carbonyl (C=O) groups excluding carboxylic acids is 1. The van der Waals surface area contributed by atoms with Gasteiger partial charge in [0.25, 0.3) is 11.5 Å². The number of hydrogen-bond donors (Lipinski definition) is 2. The number of hydrogen-bond acceptors (Lipinski definition) is 4. The third kappa shape index (κ3) is 3.59. The monoisotopic (exact) mass is 352 g/mol. The van der Waals surface area contributed by atoms with Crippen molar-refractivity contribution in [1.29, 1.82) is 0 Å². The number of H-pyrrole nitrogens is 1. The van der Waals surface area contributed by atoms with Crippen LogP contribution in [0.15, 0.2) is 27.8 Å². The summed E-state index contributed by atoms with van der Waals surface area (Å²) in [6.45, 7) is 2.18. The molecule has 0 atom stereocenters. The Morgan fingerprint density at radius 2 is 2.00 bits per heavy atom. The van der Waals surface area contributed by atoms with Gasteiger partial charge in [-0.2, -0.15) is 0 Å². The third-order valence-corrected chi connectivity index (χ3v) is 3.75. The number of amides is 1. The highest BCUT2D eigenvalue weighted by molar-refractivity contribution is 6.07. The van der Waals surface area contributed by atoms with Crippen LogP contribution >= 0.6 is 0 Å². The summed E-state index contributed by atoms with van der Waals surface area (Å²) in [6.07, 6.45) is 1.43. The summed E-state index contributed by atoms with van der Waals surface area (Å²) in [7, 11) is 1.22. The van der Waals surface area contributed by atoms with Crippen molar-refractivity contribution in [1.82, 2.24) is 9.55 Å². The number of nitrogens with one attached hydrogen (secondary N) is 1. The molecule has 1 aromatic carbocycles. The van der Waals surface area contributed by atoms with Crippen molar-refractivity contribution in [3.05, 3.63) is 56.2 Å². The average Bonchev–Trinajstić information content (AvgIpc) is 2.53. The molecular weight excluding hydrogens is 334 g/mol. The van der Waals surface area contributed by atoms with Crippen molar-refractivity contribution < 1.29 is 13.6 Å². The Balaban J connectivity index is 2.51. The van der Waals surface area contributed by atoms with E-state index in [1.807, 2.05) is 6.92 Å². The van der Waals surface area contributed by atoms with Crippen LogP contribution in [-0.2, 0) is 6.54 Å². The molecule has 3 N–H and O–H groups in total. The molecule has 134 valence electrons. The van der Waals surface area contributed by atoms with Crippen LogP contribution in [0.4, 0.5) is 20.3 Å². The largest absolute Gasteiger partial charge is 0.383 e. The smallest absolute Gasteiger partial charge is 0.330 e. The Morgan fingerprint density at radius 1 is 1.32 bits per heavy atom. The first-order valence-electron chi connectivity index (χ1n) is 7.63. The summed E-state index contributed by atoms with van der Waals surface area (Å²) in [5.41, 5.74) is 3.65. The van der Waals surface area contributed by atoms with E-state index < -0.39 is 34.4 Å². The van der Waals surface area contributed by atoms with Gasteiger partial charge in [-0.3, -0.25) is 19.1 Å². The van der Waals surface area contributed by atoms with Gasteiger partial charge in [0, 0.05) is 19.7 Å². The van der Waals surface area contributed by atoms with Gasteiger partial charge in [0.15, 0.2) is 5.69 Å². The summed E-state index contributed by atoms with van der Waals surface area (Å²) in [4.78, 5) is 39.4. The Labute approximate surface area is 141 Å². The molecule has 0 saturated carbocycles. The summed E-state index contributed by atoms with van der Waals surface area (Å²) in [5, 5.41) is 0. The lowest BCUT2D eigenvalue weighted by Gasteiger charge is -2.20. The normalized spacial score (nSPS) is 10.7. The molecule has 0 aliphatic heterocycles. The molecule has 1 aromatic heterocycles. The number of carbonyl (C=O) groups is 1. The number of nitrogen functional groups attached to an aromatic ring is 1. The summed E-state index contributed by atoms with van der Waals surface area (Å²) in [5.74, 6) is -2.98. The van der Waals surface area contributed by atoms with E-state index in [0.29, 0.717) is 12.5 Å². The zero-order valence-electron chi connectivity index (χ0n) is 13.8. The van der Waals surface area contributed by atoms with Gasteiger partial charge in [-0.25, -0.2) is 13.6 Å². The van der Waals surface area contributed by atoms with E-state index in [-0.39, 0.29) is 18.1 Å². The fraction of sp³-hybridized carbons (Fsp3) is 0.312. The van der Waals surface area contributed by atoms with E-state index in [9.17, 15) is 23.2 Å². The molecule has 9 heteroatoms. The van der Waals surface area contributed by atoms with Crippen LogP contribution in [0.5, 0.6) is 0 Å². The summed E-state index contributed by atoms with van der Waals surface area (Å²) >= 11 is 0. The quantitative estimate of drug-likeness (QED) is 0.851. The van der Waals surface area contributed by atoms with Crippen molar-refractivity contribution in [2.24, 2.45) is 0 Å². The molecule has 0 aliphatic carbocycles. The summed E-state index contributed by atoms with van der Waals surface area (Å²) in [6, 6.07) is 2.47. The Kier molecular flexibility index (Phi) is 5.35. The van der Waals surface area contributed by atoms with E-state index in [4.69, 9.17) is 5.73 Å². The number of anilines is 2. The predicted octanol–water partition coefficient (Wildman–Crippen LogP) is 1.47. The van der Waals surface area contributed by atoms with Gasteiger partial charge < -0.3 is 10.6 Å². The van der Waals surface area contributed by atoms with Crippen LogP contribution in [0, 0.1) is 11.6 Å². The van der Waals surface area contributed by atoms with Crippen molar-refractivity contribution in [2.75, 3.05) is 17.7 Å². The van der Waals surface area contributed by atoms with Crippen molar-refractivity contribution in [3.63, 3.8) is 0 Å². The zero-order chi connectivity index (χ0) is 18.7. The molecule has 0 saturated heterocycles. The van der Waals surface area contributed by atoms with E-state index in [0.717, 1.165) is 28.0 Å². The van der Waals surface area contributed by atoms with Gasteiger partial charge in [-0.15, -0.1) is 0 Å². The number of aromatic amines is 1. The second-order valence-electron chi connectivity index (χ2n) is 5.49. The van der Waals surface area contributed by atoms with E-state index in [1.54, 1.807) is 0 Å². The van der Waals surface area contributed by atoms with Gasteiger partial charge in [0.05, 0.1) is 5.56 Å². The second kappa shape index (κ2) is 7.29. The number of nitrogens with zero attached hydrogens (tertiary/aromatic N) is 2. The maximum Gasteiger partial charge on any atom is 0.330 e. The minimum atomic E-state index is -1.06. The van der Waals surface area contributed by atoms with Crippen molar-refractivity contribution in [2.45, 2.75) is 26.3 Å². The van der Waals surface area contributed by atoms with Gasteiger partial charge in [-0.05, 0) is 18.6 Å². The number of aromatic nitrogens is 2. The molecule has 0 unspecified atom stereocenters. The lowest BCUT2D eigenvalue weighted by Crippen LogP contribution is -2.39. The molecule has 0 bridgehead atoms. The minimum Gasteiger partial charge on any atom is -0.383 e. The van der Waals surface area contributed by atoms with Gasteiger partial charge in [-0.1, -0.05) is 13.3 Å². The second-order valence-corrected chi connectivity index (χ2v) is 5.49. The SMILES string of the molecule is CCCCn1c(N)c(N(C)C(=O)c2ccc(F)cc2F)c(=O)[nH]c1=O. The maximum atomic E-state index is 13.8. The molecule has 0 aliphatic rings. The molecule has 0 radical (unpaired) electrons. The zero-order valence-corrected chi connectivity index (χ0v) is 13.8. The Morgan fingerprint density at radius 3 is 2.60 bits per heavy atom. The number of unbranched alkanes of at least 4 members (excludes halogenated alkanes) is 1. The highest BCUT2D eigenvalue weighted by Gasteiger charge is 2.24. The average molecular weight is 352 g/mol. The third-order valence-electron chi connectivity index (χ3n) is 3.75. The molecule has 2 aromatic rings. The highest BCUT2D eigenvalue weighted by Crippen LogP contribution is 2.19. The molecule has 25 heavy (non-hydrogen) atoms. The molecule has 2 rings (SSSR count). The van der Waals surface area contributed by atoms with Crippen LogP contribution < -0.4 is 21.9 Å². The standard InChI is InChI=1S/C16H18F2N4O3/c1-3-4-7-22-13(19)12(14(23)20-16(22)25)21(2)15(24)10-6-5-9(17)8-11(10)18/h5-6,8H,3-4,7,19H2,1-2H3,(H,20,23,25). The fourth-order valence-electron chi connectivity index (χ4n) is 2.38. The Bertz CT molecular complexity index is 921. The number of halogens is 2. The van der Waals surface area contributed by atoms with Gasteiger partial charge >= 0.3 is 5.69 Å². The Hall–Kier alpha value is -2.97. The molecule has 0 fully saturated rings. The lowest BCUT2D eigenvalue weighted by atomic mass is 10.1. The van der Waals surface area contributed by atoms with Crippen LogP contribution in [0.2, 0.25) is 0 Å². The number of rotatable bonds is 5. The number of nitrogens with two attached hydrogens (primary N) is 1. The van der Waals surface area contributed by atoms with Crippen molar-refractivity contribution >= 4 is 17.4 Å². The molecular formula is C16H18F2N4O3. The first-order valence-corrected chi connectivity index (χ1v) is 7.63. The first-order chi connectivity index (χ1) is 11.8. The van der Waals surface area contributed by atoms with Crippen LogP contribution in [-0.4, -0.2) is 22.5 Å². The number of benzene rings is 1. The maximum absolute atomic E-state index is 13.8. The van der Waals surface area contributed by atoms with E-state index in [1.165, 1.54) is 7.05 Å². The lowest BCUT2D eigenvalue weighted by molar-refractivity contribution is 0.0988. The molecule has 0 spiro atoms. The van der Waals surface area contributed by atoms with E-state index >= 15 is 0 Å². The fourth-order valence-corrected chi connectivity index (χ4v) is 2.38.